The fourth-order valence-corrected chi connectivity index (χ4v) is 1.64. The van der Waals surface area contributed by atoms with Gasteiger partial charge in [-0.1, -0.05) is 6.08 Å². The fraction of sp³-hybridized carbons (Fsp3) is 0.231. The number of hydrogen-bond donors (Lipinski definition) is 0. The van der Waals surface area contributed by atoms with E-state index in [1.165, 1.54) is 0 Å². The Morgan fingerprint density at radius 2 is 1.81 bits per heavy atom. The molecule has 1 heterocycles. The molecule has 0 amide bonds. The molecule has 0 unspecified atom stereocenters. The van der Waals surface area contributed by atoms with Crippen LogP contribution in [-0.4, -0.2) is 11.4 Å². The lowest BCUT2D eigenvalue weighted by molar-refractivity contribution is 0.469. The zero-order chi connectivity index (χ0) is 12.1. The van der Waals surface area contributed by atoms with Crippen LogP contribution in [0.25, 0.3) is 0 Å². The highest BCUT2D eigenvalue weighted by molar-refractivity contribution is 5.53. The van der Waals surface area contributed by atoms with Crippen LogP contribution in [0.2, 0.25) is 0 Å². The van der Waals surface area contributed by atoms with Crippen LogP contribution in [0.3, 0.4) is 0 Å². The van der Waals surface area contributed by atoms with Gasteiger partial charge in [-0.3, -0.25) is 0 Å². The van der Waals surface area contributed by atoms with Crippen LogP contribution < -0.4 is 0 Å². The van der Waals surface area contributed by atoms with Crippen molar-refractivity contribution in [1.29, 1.82) is 10.5 Å². The summed E-state index contributed by atoms with van der Waals surface area (Å²) >= 11 is 0. The summed E-state index contributed by atoms with van der Waals surface area (Å²) in [6.07, 6.45) is 5.51. The van der Waals surface area contributed by atoms with E-state index in [2.05, 4.69) is 11.5 Å². The molecule has 0 aliphatic carbocycles. The third-order valence-corrected chi connectivity index (χ3v) is 2.40. The standard InChI is InChI=1S/C13H13N3/c1-4-5-16-10(2)6-12(7-11(16)3)13(8-14)9-15/h4,6-7H,1,5H2,2-3H3. The van der Waals surface area contributed by atoms with Gasteiger partial charge in [-0.15, -0.1) is 6.58 Å². The largest absolute Gasteiger partial charge is 0.345 e. The van der Waals surface area contributed by atoms with E-state index in [4.69, 9.17) is 10.5 Å². The molecule has 0 spiro atoms. The quantitative estimate of drug-likeness (QED) is 0.521. The van der Waals surface area contributed by atoms with Gasteiger partial charge in [-0.05, 0) is 26.0 Å². The van der Waals surface area contributed by atoms with E-state index in [0.717, 1.165) is 17.9 Å². The van der Waals surface area contributed by atoms with Gasteiger partial charge < -0.3 is 4.90 Å². The number of allylic oxidation sites excluding steroid dienone is 6. The van der Waals surface area contributed by atoms with Gasteiger partial charge in [0.1, 0.15) is 17.7 Å². The second-order valence-electron chi connectivity index (χ2n) is 3.52. The van der Waals surface area contributed by atoms with Crippen LogP contribution in [-0.2, 0) is 0 Å². The molecule has 1 rings (SSSR count). The van der Waals surface area contributed by atoms with Crippen molar-refractivity contribution in [2.24, 2.45) is 0 Å². The Bertz CT molecular complexity index is 440. The molecule has 0 atom stereocenters. The number of nitrogens with zero attached hydrogens (tertiary/aromatic N) is 3. The average molecular weight is 211 g/mol. The van der Waals surface area contributed by atoms with Gasteiger partial charge in [0.15, 0.2) is 0 Å². The SMILES string of the molecule is C=CCN1C(C)=CC(=C(C#N)C#N)C=C1C. The Kier molecular flexibility index (Phi) is 3.69. The third-order valence-electron chi connectivity index (χ3n) is 2.40. The summed E-state index contributed by atoms with van der Waals surface area (Å²) in [5.74, 6) is 0. The number of hydrogen-bond acceptors (Lipinski definition) is 3. The summed E-state index contributed by atoms with van der Waals surface area (Å²) in [6, 6.07) is 3.80. The van der Waals surface area contributed by atoms with Crippen LogP contribution >= 0.6 is 0 Å². The molecule has 3 heteroatoms. The van der Waals surface area contributed by atoms with Gasteiger partial charge in [-0.25, -0.2) is 0 Å². The Morgan fingerprint density at radius 1 is 1.31 bits per heavy atom. The van der Waals surface area contributed by atoms with Crippen molar-refractivity contribution in [3.63, 3.8) is 0 Å². The van der Waals surface area contributed by atoms with E-state index in [0.29, 0.717) is 5.57 Å². The molecule has 0 aromatic carbocycles. The normalized spacial score (nSPS) is 14.5. The molecule has 0 bridgehead atoms. The highest BCUT2D eigenvalue weighted by Gasteiger charge is 2.14. The van der Waals surface area contributed by atoms with E-state index in [1.54, 1.807) is 0 Å². The van der Waals surface area contributed by atoms with Crippen molar-refractivity contribution in [2.45, 2.75) is 13.8 Å². The van der Waals surface area contributed by atoms with Crippen molar-refractivity contribution < 1.29 is 0 Å². The molecule has 0 N–H and O–H groups in total. The third kappa shape index (κ3) is 2.21. The summed E-state index contributed by atoms with van der Waals surface area (Å²) in [6.45, 7) is 8.33. The highest BCUT2D eigenvalue weighted by atomic mass is 15.1. The fourth-order valence-electron chi connectivity index (χ4n) is 1.64. The molecule has 0 saturated carbocycles. The summed E-state index contributed by atoms with van der Waals surface area (Å²) in [7, 11) is 0. The van der Waals surface area contributed by atoms with Crippen LogP contribution in [0.4, 0.5) is 0 Å². The molecule has 0 aromatic heterocycles. The lowest BCUT2D eigenvalue weighted by Crippen LogP contribution is -2.22. The van der Waals surface area contributed by atoms with Crippen LogP contribution in [0.1, 0.15) is 13.8 Å². The van der Waals surface area contributed by atoms with Crippen molar-refractivity contribution >= 4 is 0 Å². The van der Waals surface area contributed by atoms with Gasteiger partial charge in [-0.2, -0.15) is 10.5 Å². The second-order valence-corrected chi connectivity index (χ2v) is 3.52. The first kappa shape index (κ1) is 11.8. The molecule has 0 fully saturated rings. The molecular formula is C13H13N3. The molecule has 16 heavy (non-hydrogen) atoms. The van der Waals surface area contributed by atoms with Crippen molar-refractivity contribution in [2.75, 3.05) is 6.54 Å². The molecule has 0 aromatic rings. The van der Waals surface area contributed by atoms with Gasteiger partial charge in [0.05, 0.1) is 0 Å². The van der Waals surface area contributed by atoms with Gasteiger partial charge in [0, 0.05) is 23.5 Å². The number of rotatable bonds is 2. The van der Waals surface area contributed by atoms with Crippen molar-refractivity contribution in [1.82, 2.24) is 4.90 Å². The van der Waals surface area contributed by atoms with E-state index in [1.807, 2.05) is 44.2 Å². The average Bonchev–Trinajstić information content (AvgIpc) is 2.25. The van der Waals surface area contributed by atoms with Crippen molar-refractivity contribution in [3.8, 4) is 12.1 Å². The molecular weight excluding hydrogens is 198 g/mol. The maximum atomic E-state index is 8.80. The van der Waals surface area contributed by atoms with Crippen LogP contribution in [0.5, 0.6) is 0 Å². The predicted molar refractivity (Wildman–Crippen MR) is 62.7 cm³/mol. The van der Waals surface area contributed by atoms with E-state index >= 15 is 0 Å². The first-order valence-electron chi connectivity index (χ1n) is 4.93. The van der Waals surface area contributed by atoms with E-state index in [-0.39, 0.29) is 5.57 Å². The Labute approximate surface area is 95.9 Å². The topological polar surface area (TPSA) is 50.8 Å². The lowest BCUT2D eigenvalue weighted by Gasteiger charge is -2.28. The summed E-state index contributed by atoms with van der Waals surface area (Å²) < 4.78 is 0. The minimum Gasteiger partial charge on any atom is -0.345 e. The highest BCUT2D eigenvalue weighted by Crippen LogP contribution is 2.23. The molecule has 3 nitrogen and oxygen atoms in total. The van der Waals surface area contributed by atoms with Gasteiger partial charge in [0.2, 0.25) is 0 Å². The van der Waals surface area contributed by atoms with Gasteiger partial charge >= 0.3 is 0 Å². The predicted octanol–water partition coefficient (Wildman–Crippen LogP) is 2.64. The van der Waals surface area contributed by atoms with E-state index < -0.39 is 0 Å². The monoisotopic (exact) mass is 211 g/mol. The summed E-state index contributed by atoms with van der Waals surface area (Å²) in [4.78, 5) is 2.07. The van der Waals surface area contributed by atoms with Crippen LogP contribution in [0, 0.1) is 22.7 Å². The Hall–Kier alpha value is -2.26. The maximum absolute atomic E-state index is 8.80. The van der Waals surface area contributed by atoms with E-state index in [9.17, 15) is 0 Å². The molecule has 0 radical (unpaired) electrons. The zero-order valence-electron chi connectivity index (χ0n) is 9.49. The summed E-state index contributed by atoms with van der Waals surface area (Å²) in [5.41, 5.74) is 2.85. The second kappa shape index (κ2) is 5.00. The first-order valence-corrected chi connectivity index (χ1v) is 4.93. The minimum atomic E-state index is 0.150. The molecule has 1 aliphatic rings. The maximum Gasteiger partial charge on any atom is 0.137 e. The zero-order valence-corrected chi connectivity index (χ0v) is 9.49. The lowest BCUT2D eigenvalue weighted by atomic mass is 10.0. The summed E-state index contributed by atoms with van der Waals surface area (Å²) in [5, 5.41) is 17.6. The first-order chi connectivity index (χ1) is 7.63. The molecule has 0 saturated heterocycles. The van der Waals surface area contributed by atoms with Gasteiger partial charge in [0.25, 0.3) is 0 Å². The number of nitriles is 2. The Balaban J connectivity index is 3.19. The van der Waals surface area contributed by atoms with Crippen LogP contribution in [0.15, 0.2) is 47.3 Å². The smallest absolute Gasteiger partial charge is 0.137 e. The Morgan fingerprint density at radius 3 is 2.19 bits per heavy atom. The minimum absolute atomic E-state index is 0.150. The van der Waals surface area contributed by atoms with Crippen molar-refractivity contribution in [3.05, 3.63) is 47.3 Å². The molecule has 1 aliphatic heterocycles. The molecule has 80 valence electrons.